The number of imidazole rings is 1. The molecule has 0 bridgehead atoms. The number of nitrogens with one attached hydrogen (secondary N) is 1. The number of aromatic nitrogens is 2. The zero-order valence-corrected chi connectivity index (χ0v) is 6.95. The minimum absolute atomic E-state index is 0.135. The molecule has 0 aliphatic heterocycles. The van der Waals surface area contributed by atoms with Gasteiger partial charge in [-0.3, -0.25) is 4.79 Å². The summed E-state index contributed by atoms with van der Waals surface area (Å²) < 4.78 is 1.76. The first-order valence-corrected chi connectivity index (χ1v) is 3.59. The average Bonchev–Trinajstić information content (AvgIpc) is 2.51. The highest BCUT2D eigenvalue weighted by molar-refractivity contribution is 5.91. The van der Waals surface area contributed by atoms with Gasteiger partial charge in [0.15, 0.2) is 0 Å². The predicted molar refractivity (Wildman–Crippen MR) is 45.2 cm³/mol. The van der Waals surface area contributed by atoms with Crippen LogP contribution < -0.4 is 5.32 Å². The van der Waals surface area contributed by atoms with Crippen LogP contribution in [-0.4, -0.2) is 15.5 Å². The average molecular weight is 165 g/mol. The van der Waals surface area contributed by atoms with E-state index in [9.17, 15) is 4.79 Å². The molecule has 0 atom stereocenters. The van der Waals surface area contributed by atoms with Gasteiger partial charge in [0.2, 0.25) is 5.91 Å². The third kappa shape index (κ3) is 2.23. The van der Waals surface area contributed by atoms with Crippen molar-refractivity contribution < 1.29 is 4.79 Å². The van der Waals surface area contributed by atoms with Crippen molar-refractivity contribution in [2.75, 3.05) is 0 Å². The maximum Gasteiger partial charge on any atom is 0.247 e. The molecule has 0 aliphatic rings. The van der Waals surface area contributed by atoms with Gasteiger partial charge in [-0.15, -0.1) is 0 Å². The van der Waals surface area contributed by atoms with E-state index in [1.807, 2.05) is 0 Å². The van der Waals surface area contributed by atoms with Gasteiger partial charge in [-0.25, -0.2) is 4.98 Å². The molecular weight excluding hydrogens is 154 g/mol. The van der Waals surface area contributed by atoms with Crippen molar-refractivity contribution in [1.29, 1.82) is 0 Å². The van der Waals surface area contributed by atoms with Gasteiger partial charge in [0.1, 0.15) is 0 Å². The van der Waals surface area contributed by atoms with E-state index in [1.165, 1.54) is 0 Å². The molecular formula is C8H11N3O. The highest BCUT2D eigenvalue weighted by Gasteiger charge is 1.98. The Balaban J connectivity index is 2.37. The van der Waals surface area contributed by atoms with Gasteiger partial charge in [0.05, 0.1) is 13.0 Å². The van der Waals surface area contributed by atoms with Crippen LogP contribution in [0.5, 0.6) is 0 Å². The first-order valence-electron chi connectivity index (χ1n) is 3.59. The van der Waals surface area contributed by atoms with Crippen molar-refractivity contribution >= 4 is 5.91 Å². The van der Waals surface area contributed by atoms with Gasteiger partial charge in [0, 0.05) is 18.0 Å². The first-order chi connectivity index (χ1) is 5.70. The highest BCUT2D eigenvalue weighted by Crippen LogP contribution is 1.87. The Kier molecular flexibility index (Phi) is 2.63. The quantitative estimate of drug-likeness (QED) is 0.664. The van der Waals surface area contributed by atoms with Crippen molar-refractivity contribution in [3.8, 4) is 0 Å². The second-order valence-corrected chi connectivity index (χ2v) is 2.52. The molecule has 64 valence electrons. The molecule has 0 aromatic carbocycles. The van der Waals surface area contributed by atoms with Crippen LogP contribution in [0.3, 0.4) is 0 Å². The van der Waals surface area contributed by atoms with Gasteiger partial charge < -0.3 is 9.88 Å². The summed E-state index contributed by atoms with van der Waals surface area (Å²) >= 11 is 0. The summed E-state index contributed by atoms with van der Waals surface area (Å²) in [6.45, 7) is 5.62. The van der Waals surface area contributed by atoms with Gasteiger partial charge >= 0.3 is 0 Å². The van der Waals surface area contributed by atoms with E-state index >= 15 is 0 Å². The molecule has 0 saturated carbocycles. The Morgan fingerprint density at radius 2 is 2.50 bits per heavy atom. The molecule has 4 nitrogen and oxygen atoms in total. The largest absolute Gasteiger partial charge is 0.334 e. The van der Waals surface area contributed by atoms with Crippen molar-refractivity contribution in [3.63, 3.8) is 0 Å². The summed E-state index contributed by atoms with van der Waals surface area (Å²) in [5.41, 5.74) is 0.509. The maximum atomic E-state index is 11.0. The van der Waals surface area contributed by atoms with Crippen LogP contribution in [0.1, 0.15) is 6.92 Å². The lowest BCUT2D eigenvalue weighted by Gasteiger charge is -2.04. The second kappa shape index (κ2) is 3.71. The lowest BCUT2D eigenvalue weighted by atomic mass is 10.3. The fourth-order valence-electron chi connectivity index (χ4n) is 0.694. The minimum Gasteiger partial charge on any atom is -0.334 e. The molecule has 0 radical (unpaired) electrons. The molecule has 1 aromatic heterocycles. The molecule has 0 fully saturated rings. The third-order valence-corrected chi connectivity index (χ3v) is 1.37. The van der Waals surface area contributed by atoms with Gasteiger partial charge in [-0.2, -0.15) is 0 Å². The number of hydrogen-bond donors (Lipinski definition) is 1. The van der Waals surface area contributed by atoms with E-state index in [1.54, 1.807) is 30.2 Å². The van der Waals surface area contributed by atoms with Gasteiger partial charge in [-0.1, -0.05) is 6.58 Å². The fourth-order valence-corrected chi connectivity index (χ4v) is 0.694. The van der Waals surface area contributed by atoms with E-state index in [-0.39, 0.29) is 5.91 Å². The van der Waals surface area contributed by atoms with E-state index in [4.69, 9.17) is 0 Å². The van der Waals surface area contributed by atoms with Crippen molar-refractivity contribution in [1.82, 2.24) is 14.9 Å². The van der Waals surface area contributed by atoms with Gasteiger partial charge in [0.25, 0.3) is 0 Å². The normalized spacial score (nSPS) is 9.42. The van der Waals surface area contributed by atoms with E-state index in [0.717, 1.165) is 0 Å². The zero-order valence-electron chi connectivity index (χ0n) is 6.95. The first kappa shape index (κ1) is 8.52. The Morgan fingerprint density at radius 3 is 3.00 bits per heavy atom. The van der Waals surface area contributed by atoms with Crippen LogP contribution in [0.15, 0.2) is 30.9 Å². The Hall–Kier alpha value is -1.58. The summed E-state index contributed by atoms with van der Waals surface area (Å²) in [6, 6.07) is 0. The number of carbonyl (C=O) groups excluding carboxylic acids is 1. The summed E-state index contributed by atoms with van der Waals surface area (Å²) in [5, 5.41) is 2.67. The van der Waals surface area contributed by atoms with E-state index in [2.05, 4.69) is 16.9 Å². The molecule has 1 amide bonds. The number of carbonyl (C=O) groups is 1. The topological polar surface area (TPSA) is 46.9 Å². The number of nitrogens with zero attached hydrogens (tertiary/aromatic N) is 2. The van der Waals surface area contributed by atoms with Crippen molar-refractivity contribution in [2.24, 2.45) is 0 Å². The molecule has 0 saturated heterocycles. The molecule has 1 aromatic rings. The summed E-state index contributed by atoms with van der Waals surface area (Å²) in [4.78, 5) is 14.8. The zero-order chi connectivity index (χ0) is 8.97. The number of amides is 1. The van der Waals surface area contributed by atoms with Crippen LogP contribution in [0.2, 0.25) is 0 Å². The highest BCUT2D eigenvalue weighted by atomic mass is 16.1. The van der Waals surface area contributed by atoms with Crippen LogP contribution in [0.25, 0.3) is 0 Å². The summed E-state index contributed by atoms with van der Waals surface area (Å²) in [5.74, 6) is -0.135. The summed E-state index contributed by atoms with van der Waals surface area (Å²) in [6.07, 6.45) is 5.07. The SMILES string of the molecule is C=C(C)C(=O)NCn1ccnc1. The molecule has 0 aliphatic carbocycles. The smallest absolute Gasteiger partial charge is 0.247 e. The molecule has 1 rings (SSSR count). The van der Waals surface area contributed by atoms with Crippen LogP contribution in [0.4, 0.5) is 0 Å². The number of hydrogen-bond acceptors (Lipinski definition) is 2. The molecule has 4 heteroatoms. The van der Waals surface area contributed by atoms with Gasteiger partial charge in [-0.05, 0) is 6.92 Å². The maximum absolute atomic E-state index is 11.0. The molecule has 1 heterocycles. The van der Waals surface area contributed by atoms with Crippen LogP contribution in [-0.2, 0) is 11.5 Å². The minimum atomic E-state index is -0.135. The standard InChI is InChI=1S/C8H11N3O/c1-7(2)8(12)10-6-11-4-3-9-5-11/h3-5H,1,6H2,2H3,(H,10,12). The predicted octanol–water partition coefficient (Wildman–Crippen LogP) is 0.533. The third-order valence-electron chi connectivity index (χ3n) is 1.37. The lowest BCUT2D eigenvalue weighted by Crippen LogP contribution is -2.25. The van der Waals surface area contributed by atoms with Crippen molar-refractivity contribution in [2.45, 2.75) is 13.6 Å². The molecule has 12 heavy (non-hydrogen) atoms. The van der Waals surface area contributed by atoms with Crippen molar-refractivity contribution in [3.05, 3.63) is 30.9 Å². The molecule has 0 unspecified atom stereocenters. The fraction of sp³-hybridized carbons (Fsp3) is 0.250. The second-order valence-electron chi connectivity index (χ2n) is 2.52. The Bertz CT molecular complexity index is 277. The van der Waals surface area contributed by atoms with Crippen LogP contribution in [0, 0.1) is 0 Å². The summed E-state index contributed by atoms with van der Waals surface area (Å²) in [7, 11) is 0. The Morgan fingerprint density at radius 1 is 1.75 bits per heavy atom. The number of rotatable bonds is 3. The van der Waals surface area contributed by atoms with E-state index in [0.29, 0.717) is 12.2 Å². The molecule has 0 spiro atoms. The molecule has 1 N–H and O–H groups in total. The monoisotopic (exact) mass is 165 g/mol. The Labute approximate surface area is 70.9 Å². The van der Waals surface area contributed by atoms with Crippen LogP contribution >= 0.6 is 0 Å². The lowest BCUT2D eigenvalue weighted by molar-refractivity contribution is -0.117. The van der Waals surface area contributed by atoms with E-state index < -0.39 is 0 Å².